The SMILES string of the molecule is CCOC(=O)C(C)(N)CCCN1CCC[C@H]2CCCC[C@H]21. The number of carbonyl (C=O) groups is 1. The number of nitrogens with zero attached hydrogens (tertiary/aromatic N) is 1. The molecule has 0 aromatic heterocycles. The van der Waals surface area contributed by atoms with Crippen molar-refractivity contribution in [3.8, 4) is 0 Å². The molecule has 122 valence electrons. The molecule has 2 fully saturated rings. The van der Waals surface area contributed by atoms with Crippen LogP contribution >= 0.6 is 0 Å². The second kappa shape index (κ2) is 7.59. The fourth-order valence-electron chi connectivity index (χ4n) is 4.05. The molecule has 21 heavy (non-hydrogen) atoms. The molecule has 2 N–H and O–H groups in total. The van der Waals surface area contributed by atoms with Crippen molar-refractivity contribution in [1.29, 1.82) is 0 Å². The maximum atomic E-state index is 11.8. The van der Waals surface area contributed by atoms with Gasteiger partial charge >= 0.3 is 5.97 Å². The number of esters is 1. The third-order valence-electron chi connectivity index (χ3n) is 5.24. The van der Waals surface area contributed by atoms with E-state index < -0.39 is 5.54 Å². The number of hydrogen-bond donors (Lipinski definition) is 1. The van der Waals surface area contributed by atoms with Gasteiger partial charge in [0.15, 0.2) is 0 Å². The van der Waals surface area contributed by atoms with E-state index in [4.69, 9.17) is 10.5 Å². The van der Waals surface area contributed by atoms with E-state index in [-0.39, 0.29) is 5.97 Å². The normalized spacial score (nSPS) is 29.5. The van der Waals surface area contributed by atoms with Gasteiger partial charge in [0.25, 0.3) is 0 Å². The van der Waals surface area contributed by atoms with Crippen LogP contribution in [0.15, 0.2) is 0 Å². The summed E-state index contributed by atoms with van der Waals surface area (Å²) >= 11 is 0. The number of rotatable bonds is 6. The molecule has 0 aromatic carbocycles. The molecule has 1 saturated carbocycles. The first-order valence-electron chi connectivity index (χ1n) is 8.74. The Balaban J connectivity index is 1.78. The highest BCUT2D eigenvalue weighted by molar-refractivity contribution is 5.79. The Morgan fingerprint density at radius 3 is 2.76 bits per heavy atom. The third kappa shape index (κ3) is 4.43. The van der Waals surface area contributed by atoms with Crippen LogP contribution in [0.3, 0.4) is 0 Å². The zero-order valence-electron chi connectivity index (χ0n) is 13.8. The Morgan fingerprint density at radius 2 is 2.00 bits per heavy atom. The van der Waals surface area contributed by atoms with Crippen LogP contribution in [0.5, 0.6) is 0 Å². The van der Waals surface area contributed by atoms with Crippen LogP contribution in [-0.4, -0.2) is 42.1 Å². The van der Waals surface area contributed by atoms with Crippen LogP contribution in [0.1, 0.15) is 65.2 Å². The van der Waals surface area contributed by atoms with E-state index in [0.717, 1.165) is 24.9 Å². The van der Waals surface area contributed by atoms with E-state index in [0.29, 0.717) is 13.0 Å². The van der Waals surface area contributed by atoms with Gasteiger partial charge in [0.2, 0.25) is 0 Å². The molecule has 0 radical (unpaired) electrons. The average Bonchev–Trinajstić information content (AvgIpc) is 2.47. The summed E-state index contributed by atoms with van der Waals surface area (Å²) in [4.78, 5) is 14.5. The first-order valence-corrected chi connectivity index (χ1v) is 8.74. The van der Waals surface area contributed by atoms with Crippen molar-refractivity contribution in [2.75, 3.05) is 19.7 Å². The highest BCUT2D eigenvalue weighted by Crippen LogP contribution is 2.35. The average molecular weight is 296 g/mol. The van der Waals surface area contributed by atoms with Crippen molar-refractivity contribution in [2.45, 2.75) is 76.8 Å². The molecule has 4 nitrogen and oxygen atoms in total. The molecule has 0 aromatic rings. The van der Waals surface area contributed by atoms with Crippen molar-refractivity contribution < 1.29 is 9.53 Å². The Bertz CT molecular complexity index is 342. The van der Waals surface area contributed by atoms with Gasteiger partial charge in [-0.3, -0.25) is 4.79 Å². The lowest BCUT2D eigenvalue weighted by Crippen LogP contribution is -2.49. The predicted molar refractivity (Wildman–Crippen MR) is 85.0 cm³/mol. The van der Waals surface area contributed by atoms with Crippen LogP contribution in [-0.2, 0) is 9.53 Å². The van der Waals surface area contributed by atoms with Gasteiger partial charge < -0.3 is 15.4 Å². The largest absolute Gasteiger partial charge is 0.465 e. The summed E-state index contributed by atoms with van der Waals surface area (Å²) < 4.78 is 5.06. The number of hydrogen-bond acceptors (Lipinski definition) is 4. The minimum atomic E-state index is -0.836. The van der Waals surface area contributed by atoms with Crippen molar-refractivity contribution >= 4 is 5.97 Å². The van der Waals surface area contributed by atoms with Gasteiger partial charge in [0.1, 0.15) is 5.54 Å². The summed E-state index contributed by atoms with van der Waals surface area (Å²) in [6.07, 6.45) is 10.0. The Morgan fingerprint density at radius 1 is 1.29 bits per heavy atom. The number of likely N-dealkylation sites (tertiary alicyclic amines) is 1. The second-order valence-corrected chi connectivity index (χ2v) is 7.03. The van der Waals surface area contributed by atoms with E-state index in [1.807, 2.05) is 6.92 Å². The van der Waals surface area contributed by atoms with Gasteiger partial charge in [0.05, 0.1) is 6.61 Å². The lowest BCUT2D eigenvalue weighted by Gasteiger charge is -2.44. The van der Waals surface area contributed by atoms with Gasteiger partial charge in [-0.05, 0) is 71.4 Å². The second-order valence-electron chi connectivity index (χ2n) is 7.03. The van der Waals surface area contributed by atoms with Gasteiger partial charge in [-0.15, -0.1) is 0 Å². The van der Waals surface area contributed by atoms with Crippen LogP contribution < -0.4 is 5.73 Å². The summed E-state index contributed by atoms with van der Waals surface area (Å²) in [5.41, 5.74) is 5.27. The number of carbonyl (C=O) groups excluding carboxylic acids is 1. The standard InChI is InChI=1S/C17H32N2O2/c1-3-21-16(20)17(2,18)11-7-13-19-12-6-9-14-8-4-5-10-15(14)19/h14-15H,3-13,18H2,1-2H3/t14-,15-,17?/m1/s1. The topological polar surface area (TPSA) is 55.6 Å². The van der Waals surface area contributed by atoms with Gasteiger partial charge in [0, 0.05) is 6.04 Å². The first kappa shape index (κ1) is 16.8. The molecular weight excluding hydrogens is 264 g/mol. The van der Waals surface area contributed by atoms with E-state index in [1.54, 1.807) is 6.92 Å². The van der Waals surface area contributed by atoms with Crippen LogP contribution in [0, 0.1) is 5.92 Å². The minimum Gasteiger partial charge on any atom is -0.465 e. The van der Waals surface area contributed by atoms with Gasteiger partial charge in [-0.1, -0.05) is 12.8 Å². The van der Waals surface area contributed by atoms with Gasteiger partial charge in [-0.2, -0.15) is 0 Å². The van der Waals surface area contributed by atoms with Crippen molar-refractivity contribution in [2.24, 2.45) is 11.7 Å². The molecule has 1 aliphatic carbocycles. The molecule has 0 spiro atoms. The molecule has 3 atom stereocenters. The summed E-state index contributed by atoms with van der Waals surface area (Å²) in [5.74, 6) is 0.654. The Labute approximate surface area is 129 Å². The molecule has 1 aliphatic heterocycles. The fraction of sp³-hybridized carbons (Fsp3) is 0.941. The summed E-state index contributed by atoms with van der Waals surface area (Å²) in [7, 11) is 0. The minimum absolute atomic E-state index is 0.265. The lowest BCUT2D eigenvalue weighted by molar-refractivity contribution is -0.149. The first-order chi connectivity index (χ1) is 10.0. The quantitative estimate of drug-likeness (QED) is 0.766. The molecule has 0 amide bonds. The number of piperidine rings is 1. The zero-order chi connectivity index (χ0) is 15.3. The highest BCUT2D eigenvalue weighted by atomic mass is 16.5. The molecule has 2 aliphatic rings. The van der Waals surface area contributed by atoms with Crippen LogP contribution in [0.2, 0.25) is 0 Å². The molecular formula is C17H32N2O2. The van der Waals surface area contributed by atoms with E-state index in [1.165, 1.54) is 45.1 Å². The van der Waals surface area contributed by atoms with Crippen LogP contribution in [0.25, 0.3) is 0 Å². The number of fused-ring (bicyclic) bond motifs is 1. The zero-order valence-corrected chi connectivity index (χ0v) is 13.8. The van der Waals surface area contributed by atoms with Crippen molar-refractivity contribution in [3.63, 3.8) is 0 Å². The maximum Gasteiger partial charge on any atom is 0.325 e. The van der Waals surface area contributed by atoms with Crippen LogP contribution in [0.4, 0.5) is 0 Å². The van der Waals surface area contributed by atoms with Crippen molar-refractivity contribution in [1.82, 2.24) is 4.90 Å². The predicted octanol–water partition coefficient (Wildman–Crippen LogP) is 2.70. The molecule has 4 heteroatoms. The van der Waals surface area contributed by atoms with E-state index in [2.05, 4.69) is 4.90 Å². The third-order valence-corrected chi connectivity index (χ3v) is 5.24. The smallest absolute Gasteiger partial charge is 0.325 e. The molecule has 1 heterocycles. The molecule has 0 bridgehead atoms. The van der Waals surface area contributed by atoms with Gasteiger partial charge in [-0.25, -0.2) is 0 Å². The number of nitrogens with two attached hydrogens (primary N) is 1. The monoisotopic (exact) mass is 296 g/mol. The van der Waals surface area contributed by atoms with Crippen molar-refractivity contribution in [3.05, 3.63) is 0 Å². The fourth-order valence-corrected chi connectivity index (χ4v) is 4.05. The molecule has 1 unspecified atom stereocenters. The van der Waals surface area contributed by atoms with E-state index in [9.17, 15) is 4.79 Å². The summed E-state index contributed by atoms with van der Waals surface area (Å²) in [5, 5.41) is 0. The summed E-state index contributed by atoms with van der Waals surface area (Å²) in [6, 6.07) is 0.791. The van der Waals surface area contributed by atoms with E-state index >= 15 is 0 Å². The Hall–Kier alpha value is -0.610. The number of ether oxygens (including phenoxy) is 1. The Kier molecular flexibility index (Phi) is 6.06. The highest BCUT2D eigenvalue weighted by Gasteiger charge is 2.34. The lowest BCUT2D eigenvalue weighted by atomic mass is 9.78. The molecule has 1 saturated heterocycles. The maximum absolute atomic E-state index is 11.8. The molecule has 2 rings (SSSR count). The summed E-state index contributed by atoms with van der Waals surface area (Å²) in [6.45, 7) is 6.33.